The minimum absolute atomic E-state index is 0.0632. The molecule has 0 bridgehead atoms. The maximum Gasteiger partial charge on any atom is 0.212 e. The van der Waals surface area contributed by atoms with Crippen LogP contribution in [0.2, 0.25) is 0 Å². The first-order valence-corrected chi connectivity index (χ1v) is 6.59. The number of carbonyl (C=O) groups excluding carboxylic acids is 2. The Morgan fingerprint density at radius 2 is 2.09 bits per heavy atom. The van der Waals surface area contributed by atoms with Gasteiger partial charge >= 0.3 is 0 Å². The summed E-state index contributed by atoms with van der Waals surface area (Å²) in [6, 6.07) is 8.02. The molecule has 0 saturated carbocycles. The van der Waals surface area contributed by atoms with Crippen LogP contribution in [0.5, 0.6) is 0 Å². The average Bonchev–Trinajstić information content (AvgIpc) is 2.88. The molecule has 2 aromatic heterocycles. The summed E-state index contributed by atoms with van der Waals surface area (Å²) in [5.41, 5.74) is 1.90. The molecule has 0 fully saturated rings. The molecule has 110 valence electrons. The van der Waals surface area contributed by atoms with Crippen molar-refractivity contribution in [3.05, 3.63) is 54.1 Å². The Morgan fingerprint density at radius 1 is 1.27 bits per heavy atom. The van der Waals surface area contributed by atoms with Gasteiger partial charge in [0.25, 0.3) is 0 Å². The maximum atomic E-state index is 13.9. The monoisotopic (exact) mass is 297 g/mol. The summed E-state index contributed by atoms with van der Waals surface area (Å²) in [5, 5.41) is 2.47. The molecular formula is C16H12FN3O2. The number of aromatic nitrogens is 2. The Labute approximate surface area is 125 Å². The molecule has 1 N–H and O–H groups in total. The fourth-order valence-corrected chi connectivity index (χ4v) is 2.40. The van der Waals surface area contributed by atoms with Gasteiger partial charge in [0.1, 0.15) is 11.5 Å². The number of halogens is 1. The molecule has 0 saturated heterocycles. The fraction of sp³-hybridized carbons (Fsp3) is 0.0625. The Morgan fingerprint density at radius 3 is 2.82 bits per heavy atom. The third kappa shape index (κ3) is 2.35. The third-order valence-corrected chi connectivity index (χ3v) is 3.33. The van der Waals surface area contributed by atoms with E-state index in [1.807, 2.05) is 0 Å². The number of nitrogens with zero attached hydrogens (tertiary/aromatic N) is 2. The summed E-state index contributed by atoms with van der Waals surface area (Å²) >= 11 is 0. The predicted octanol–water partition coefficient (Wildman–Crippen LogP) is 2.91. The van der Waals surface area contributed by atoms with Crippen LogP contribution < -0.4 is 5.32 Å². The summed E-state index contributed by atoms with van der Waals surface area (Å²) in [4.78, 5) is 26.4. The van der Waals surface area contributed by atoms with Crippen LogP contribution in [0.3, 0.4) is 0 Å². The van der Waals surface area contributed by atoms with Crippen molar-refractivity contribution in [1.29, 1.82) is 0 Å². The van der Waals surface area contributed by atoms with Crippen LogP contribution in [0.25, 0.3) is 16.8 Å². The number of ketones is 1. The highest BCUT2D eigenvalue weighted by Gasteiger charge is 2.14. The van der Waals surface area contributed by atoms with Gasteiger partial charge in [0, 0.05) is 6.20 Å². The second-order valence-corrected chi connectivity index (χ2v) is 4.79. The maximum absolute atomic E-state index is 13.9. The molecule has 1 amide bonds. The molecule has 22 heavy (non-hydrogen) atoms. The molecule has 0 atom stereocenters. The highest BCUT2D eigenvalue weighted by atomic mass is 19.1. The zero-order chi connectivity index (χ0) is 15.7. The molecule has 3 aromatic rings. The normalized spacial score (nSPS) is 10.6. The smallest absolute Gasteiger partial charge is 0.212 e. The molecule has 0 aliphatic carbocycles. The molecule has 0 spiro atoms. The van der Waals surface area contributed by atoms with Crippen LogP contribution >= 0.6 is 0 Å². The number of pyridine rings is 1. The van der Waals surface area contributed by atoms with Gasteiger partial charge in [-0.15, -0.1) is 0 Å². The van der Waals surface area contributed by atoms with E-state index in [1.54, 1.807) is 41.1 Å². The van der Waals surface area contributed by atoms with Gasteiger partial charge in [-0.25, -0.2) is 9.37 Å². The minimum Gasteiger partial charge on any atom is -0.312 e. The molecule has 1 aromatic carbocycles. The van der Waals surface area contributed by atoms with Crippen LogP contribution in [0.1, 0.15) is 17.3 Å². The number of hydrogen-bond acceptors (Lipinski definition) is 3. The van der Waals surface area contributed by atoms with Gasteiger partial charge in [0.15, 0.2) is 11.6 Å². The van der Waals surface area contributed by atoms with Gasteiger partial charge in [-0.2, -0.15) is 0 Å². The third-order valence-electron chi connectivity index (χ3n) is 3.33. The SMILES string of the molecule is CC(=O)c1c(F)cccc1-c1ccc2nc(NC=O)cn2c1. The lowest BCUT2D eigenvalue weighted by molar-refractivity contribution is -0.105. The van der Waals surface area contributed by atoms with Crippen LogP contribution in [0.4, 0.5) is 10.2 Å². The lowest BCUT2D eigenvalue weighted by atomic mass is 9.98. The second kappa shape index (κ2) is 5.40. The van der Waals surface area contributed by atoms with E-state index >= 15 is 0 Å². The van der Waals surface area contributed by atoms with E-state index < -0.39 is 5.82 Å². The summed E-state index contributed by atoms with van der Waals surface area (Å²) in [6.07, 6.45) is 3.92. The standard InChI is InChI=1S/C16H12FN3O2/c1-10(22)16-12(3-2-4-13(16)17)11-5-6-15-19-14(18-9-21)8-20(15)7-11/h2-9H,1H3,(H,18,21). The van der Waals surface area contributed by atoms with Gasteiger partial charge < -0.3 is 9.72 Å². The summed E-state index contributed by atoms with van der Waals surface area (Å²) in [6.45, 7) is 1.34. The van der Waals surface area contributed by atoms with Crippen molar-refractivity contribution in [3.63, 3.8) is 0 Å². The number of hydrogen-bond donors (Lipinski definition) is 1. The largest absolute Gasteiger partial charge is 0.312 e. The van der Waals surface area contributed by atoms with E-state index in [0.29, 0.717) is 29.0 Å². The van der Waals surface area contributed by atoms with E-state index in [-0.39, 0.29) is 11.3 Å². The molecular weight excluding hydrogens is 285 g/mol. The van der Waals surface area contributed by atoms with E-state index in [0.717, 1.165) is 0 Å². The Bertz CT molecular complexity index is 886. The van der Waals surface area contributed by atoms with E-state index in [1.165, 1.54) is 13.0 Å². The molecule has 6 heteroatoms. The number of imidazole rings is 1. The molecule has 3 rings (SSSR count). The van der Waals surface area contributed by atoms with Crippen LogP contribution in [-0.2, 0) is 4.79 Å². The summed E-state index contributed by atoms with van der Waals surface area (Å²) < 4.78 is 15.6. The van der Waals surface area contributed by atoms with Crippen LogP contribution in [0.15, 0.2) is 42.7 Å². The first kappa shape index (κ1) is 13.9. The summed E-state index contributed by atoms with van der Waals surface area (Å²) in [5.74, 6) is -0.459. The van der Waals surface area contributed by atoms with Gasteiger partial charge in [-0.3, -0.25) is 9.59 Å². The van der Waals surface area contributed by atoms with E-state index in [2.05, 4.69) is 10.3 Å². The number of Topliss-reactive ketones (excluding diaryl/α,β-unsaturated/α-hetero) is 1. The highest BCUT2D eigenvalue weighted by Crippen LogP contribution is 2.27. The molecule has 0 unspecified atom stereocenters. The van der Waals surface area contributed by atoms with Crippen molar-refractivity contribution in [3.8, 4) is 11.1 Å². The number of anilines is 1. The van der Waals surface area contributed by atoms with Crippen molar-refractivity contribution in [2.75, 3.05) is 5.32 Å². The van der Waals surface area contributed by atoms with Crippen molar-refractivity contribution in [1.82, 2.24) is 9.38 Å². The van der Waals surface area contributed by atoms with Crippen molar-refractivity contribution < 1.29 is 14.0 Å². The number of nitrogens with one attached hydrogen (secondary N) is 1. The Kier molecular flexibility index (Phi) is 3.42. The topological polar surface area (TPSA) is 63.5 Å². The van der Waals surface area contributed by atoms with Crippen molar-refractivity contribution in [2.45, 2.75) is 6.92 Å². The van der Waals surface area contributed by atoms with Gasteiger partial charge in [-0.05, 0) is 36.2 Å². The second-order valence-electron chi connectivity index (χ2n) is 4.79. The quantitative estimate of drug-likeness (QED) is 0.595. The van der Waals surface area contributed by atoms with Gasteiger partial charge in [0.05, 0.1) is 11.8 Å². The molecule has 0 aliphatic rings. The zero-order valence-corrected chi connectivity index (χ0v) is 11.7. The predicted molar refractivity (Wildman–Crippen MR) is 80.3 cm³/mol. The number of benzene rings is 1. The number of rotatable bonds is 4. The number of fused-ring (bicyclic) bond motifs is 1. The van der Waals surface area contributed by atoms with Gasteiger partial charge in [-0.1, -0.05) is 12.1 Å². The molecule has 0 radical (unpaired) electrons. The average molecular weight is 297 g/mol. The lowest BCUT2D eigenvalue weighted by Gasteiger charge is -2.08. The Balaban J connectivity index is 2.16. The molecule has 5 nitrogen and oxygen atoms in total. The first-order chi connectivity index (χ1) is 10.6. The number of amides is 1. The van der Waals surface area contributed by atoms with Crippen molar-refractivity contribution in [2.24, 2.45) is 0 Å². The Hall–Kier alpha value is -3.02. The molecule has 2 heterocycles. The van der Waals surface area contributed by atoms with Crippen molar-refractivity contribution >= 4 is 23.7 Å². The number of carbonyl (C=O) groups is 2. The van der Waals surface area contributed by atoms with Crippen LogP contribution in [-0.4, -0.2) is 21.6 Å². The van der Waals surface area contributed by atoms with E-state index in [9.17, 15) is 14.0 Å². The molecule has 0 aliphatic heterocycles. The van der Waals surface area contributed by atoms with Crippen LogP contribution in [0, 0.1) is 5.82 Å². The lowest BCUT2D eigenvalue weighted by Crippen LogP contribution is -2.01. The fourth-order valence-electron chi connectivity index (χ4n) is 2.40. The zero-order valence-electron chi connectivity index (χ0n) is 11.7. The highest BCUT2D eigenvalue weighted by molar-refractivity contribution is 6.01. The first-order valence-electron chi connectivity index (χ1n) is 6.59. The summed E-state index contributed by atoms with van der Waals surface area (Å²) in [7, 11) is 0. The van der Waals surface area contributed by atoms with Gasteiger partial charge in [0.2, 0.25) is 6.41 Å². The van der Waals surface area contributed by atoms with E-state index in [4.69, 9.17) is 0 Å². The minimum atomic E-state index is -0.543.